The van der Waals surface area contributed by atoms with Crippen LogP contribution >= 0.6 is 0 Å². The van der Waals surface area contributed by atoms with Crippen LogP contribution in [0.4, 0.5) is 0 Å². The first-order chi connectivity index (χ1) is 12.0. The number of rotatable bonds is 1. The van der Waals surface area contributed by atoms with Gasteiger partial charge < -0.3 is 0 Å². The van der Waals surface area contributed by atoms with E-state index in [9.17, 15) is 10.1 Å². The van der Waals surface area contributed by atoms with E-state index in [4.69, 9.17) is 0 Å². The molecule has 0 aromatic heterocycles. The van der Waals surface area contributed by atoms with E-state index in [-0.39, 0.29) is 10.8 Å². The molecule has 25 heavy (non-hydrogen) atoms. The maximum absolute atomic E-state index is 12.0. The van der Waals surface area contributed by atoms with Crippen molar-refractivity contribution in [2.45, 2.75) is 58.8 Å². The summed E-state index contributed by atoms with van der Waals surface area (Å²) in [5, 5.41) is 10.1. The zero-order valence-electron chi connectivity index (χ0n) is 15.6. The Morgan fingerprint density at radius 3 is 2.84 bits per heavy atom. The number of carbonyl (C=O) groups is 1. The first-order valence-corrected chi connectivity index (χ1v) is 10.3. The number of nitriles is 1. The van der Waals surface area contributed by atoms with Gasteiger partial charge in [0, 0.05) is 6.42 Å². The van der Waals surface area contributed by atoms with Crippen LogP contribution in [0, 0.1) is 57.7 Å². The average Bonchev–Trinajstić information content (AvgIpc) is 3.35. The van der Waals surface area contributed by atoms with Crippen molar-refractivity contribution in [1.82, 2.24) is 0 Å². The third-order valence-electron chi connectivity index (χ3n) is 9.28. The predicted octanol–water partition coefficient (Wildman–Crippen LogP) is 5.07. The minimum atomic E-state index is -0.314. The van der Waals surface area contributed by atoms with Crippen LogP contribution in [0.3, 0.4) is 0 Å². The molecule has 2 nitrogen and oxygen atoms in total. The Morgan fingerprint density at radius 1 is 1.32 bits per heavy atom. The summed E-state index contributed by atoms with van der Waals surface area (Å²) in [5.41, 5.74) is 2.52. The number of nitrogens with zero attached hydrogens (tertiary/aromatic N) is 1. The summed E-state index contributed by atoms with van der Waals surface area (Å²) in [6.45, 7) is 9.00. The Bertz CT molecular complexity index is 742. The summed E-state index contributed by atoms with van der Waals surface area (Å²) in [7, 11) is 0. The molecule has 132 valence electrons. The van der Waals surface area contributed by atoms with Crippen molar-refractivity contribution in [2.75, 3.05) is 0 Å². The van der Waals surface area contributed by atoms with Gasteiger partial charge in [0.05, 0.1) is 11.5 Å². The fourth-order valence-corrected chi connectivity index (χ4v) is 8.02. The fourth-order valence-electron chi connectivity index (χ4n) is 8.02. The van der Waals surface area contributed by atoms with E-state index in [1.165, 1.54) is 24.0 Å². The third-order valence-corrected chi connectivity index (χ3v) is 9.28. The van der Waals surface area contributed by atoms with E-state index in [1.54, 1.807) is 0 Å². The summed E-state index contributed by atoms with van der Waals surface area (Å²) in [5.74, 6) is 4.63. The first-order valence-electron chi connectivity index (χ1n) is 10.3. The third kappa shape index (κ3) is 1.73. The van der Waals surface area contributed by atoms with Crippen LogP contribution < -0.4 is 0 Å². The summed E-state index contributed by atoms with van der Waals surface area (Å²) in [6, 6.07) is 2.75. The molecule has 0 heterocycles. The van der Waals surface area contributed by atoms with Crippen molar-refractivity contribution in [1.29, 1.82) is 5.26 Å². The van der Waals surface area contributed by atoms with Crippen molar-refractivity contribution >= 4 is 5.78 Å². The number of allylic oxidation sites excluding steroid dienone is 2. The quantitative estimate of drug-likeness (QED) is 0.628. The molecule has 0 aromatic rings. The summed E-state index contributed by atoms with van der Waals surface area (Å²) in [6.07, 6.45) is 9.53. The van der Waals surface area contributed by atoms with Gasteiger partial charge in [-0.15, -0.1) is 0 Å². The van der Waals surface area contributed by atoms with Gasteiger partial charge in [-0.25, -0.2) is 0 Å². The lowest BCUT2D eigenvalue weighted by Gasteiger charge is -2.55. The predicted molar refractivity (Wildman–Crippen MR) is 97.3 cm³/mol. The van der Waals surface area contributed by atoms with Crippen molar-refractivity contribution in [3.8, 4) is 6.07 Å². The summed E-state index contributed by atoms with van der Waals surface area (Å²) >= 11 is 0. The van der Waals surface area contributed by atoms with Gasteiger partial charge in [-0.1, -0.05) is 31.6 Å². The molecule has 0 N–H and O–H groups in total. The van der Waals surface area contributed by atoms with Gasteiger partial charge in [-0.2, -0.15) is 5.26 Å². The van der Waals surface area contributed by atoms with Crippen LogP contribution in [0.25, 0.3) is 0 Å². The Kier molecular flexibility index (Phi) is 3.09. The van der Waals surface area contributed by atoms with E-state index in [1.807, 2.05) is 6.08 Å². The minimum absolute atomic E-state index is 0.105. The van der Waals surface area contributed by atoms with E-state index in [2.05, 4.69) is 26.5 Å². The molecular weight excluding hydrogens is 306 g/mol. The standard InChI is InChI=1S/C23H29NO/c1-4-23(12-24)13(2)9-20-21-16(7-8-22(20,23)3)15-6-5-14(25)10-17(15)18-11-19(18)21/h10,15-16,18-21H,2,4-9,11H2,1,3H3/t15-,16-,18?,19?,20+,21+,22+,23+/m1/s1. The van der Waals surface area contributed by atoms with Crippen molar-refractivity contribution in [3.63, 3.8) is 0 Å². The van der Waals surface area contributed by atoms with Gasteiger partial charge in [0.25, 0.3) is 0 Å². The lowest BCUT2D eigenvalue weighted by Crippen LogP contribution is -2.50. The van der Waals surface area contributed by atoms with Crippen LogP contribution in [0.15, 0.2) is 23.8 Å². The maximum Gasteiger partial charge on any atom is 0.155 e. The van der Waals surface area contributed by atoms with Gasteiger partial charge >= 0.3 is 0 Å². The minimum Gasteiger partial charge on any atom is -0.295 e. The Balaban J connectivity index is 1.56. The molecule has 0 bridgehead atoms. The van der Waals surface area contributed by atoms with E-state index >= 15 is 0 Å². The van der Waals surface area contributed by atoms with Crippen LogP contribution in [0.1, 0.15) is 58.8 Å². The van der Waals surface area contributed by atoms with Gasteiger partial charge in [-0.05, 0) is 85.5 Å². The average molecular weight is 335 g/mol. The highest BCUT2D eigenvalue weighted by molar-refractivity contribution is 5.91. The molecule has 0 spiro atoms. The summed E-state index contributed by atoms with van der Waals surface area (Å²) < 4.78 is 0. The maximum atomic E-state index is 12.0. The lowest BCUT2D eigenvalue weighted by molar-refractivity contribution is -0.116. The molecular formula is C23H29NO. The zero-order chi connectivity index (χ0) is 17.6. The van der Waals surface area contributed by atoms with Crippen LogP contribution in [0.5, 0.6) is 0 Å². The molecule has 0 aliphatic heterocycles. The zero-order valence-corrected chi connectivity index (χ0v) is 15.6. The van der Waals surface area contributed by atoms with Gasteiger partial charge in [-0.3, -0.25) is 4.79 Å². The number of ketones is 1. The molecule has 0 amide bonds. The molecule has 5 rings (SSSR count). The lowest BCUT2D eigenvalue weighted by atomic mass is 9.48. The number of carbonyl (C=O) groups excluding carboxylic acids is 1. The molecule has 4 fully saturated rings. The molecule has 8 atom stereocenters. The Labute approximate surface area is 151 Å². The molecule has 0 radical (unpaired) electrons. The van der Waals surface area contributed by atoms with Gasteiger partial charge in [0.2, 0.25) is 0 Å². The van der Waals surface area contributed by atoms with Gasteiger partial charge in [0.1, 0.15) is 0 Å². The number of fused-ring (bicyclic) bond motifs is 8. The Morgan fingerprint density at radius 2 is 2.12 bits per heavy atom. The topological polar surface area (TPSA) is 40.9 Å². The molecule has 4 saturated carbocycles. The van der Waals surface area contributed by atoms with Crippen LogP contribution in [0.2, 0.25) is 0 Å². The monoisotopic (exact) mass is 335 g/mol. The number of hydrogen-bond donors (Lipinski definition) is 0. The van der Waals surface area contributed by atoms with Crippen molar-refractivity contribution in [3.05, 3.63) is 23.8 Å². The van der Waals surface area contributed by atoms with Crippen LogP contribution in [-0.4, -0.2) is 5.78 Å². The van der Waals surface area contributed by atoms with E-state index < -0.39 is 0 Å². The highest BCUT2D eigenvalue weighted by atomic mass is 16.1. The van der Waals surface area contributed by atoms with Crippen LogP contribution in [-0.2, 0) is 4.79 Å². The number of hydrogen-bond acceptors (Lipinski definition) is 2. The highest BCUT2D eigenvalue weighted by Gasteiger charge is 2.68. The molecule has 0 saturated heterocycles. The summed E-state index contributed by atoms with van der Waals surface area (Å²) in [4.78, 5) is 12.0. The van der Waals surface area contributed by atoms with E-state index in [0.717, 1.165) is 49.9 Å². The van der Waals surface area contributed by atoms with Crippen molar-refractivity contribution in [2.24, 2.45) is 46.3 Å². The van der Waals surface area contributed by atoms with Gasteiger partial charge in [0.15, 0.2) is 5.78 Å². The first kappa shape index (κ1) is 15.9. The smallest absolute Gasteiger partial charge is 0.155 e. The second kappa shape index (κ2) is 4.87. The van der Waals surface area contributed by atoms with Crippen molar-refractivity contribution < 1.29 is 4.79 Å². The molecule has 5 aliphatic carbocycles. The Hall–Kier alpha value is -1.36. The second-order valence-electron chi connectivity index (χ2n) is 9.74. The highest BCUT2D eigenvalue weighted by Crippen LogP contribution is 2.74. The molecule has 5 aliphatic rings. The second-order valence-corrected chi connectivity index (χ2v) is 9.74. The largest absolute Gasteiger partial charge is 0.295 e. The molecule has 2 heteroatoms. The molecule has 2 unspecified atom stereocenters. The SMILES string of the molecule is C=C1C[C@H]2[C@@H]3C4CC4C4=CC(=O)CC[C@@H]4[C@H]3CC[C@]2(C)[C@]1(C#N)CC. The normalized spacial score (nSPS) is 53.1. The van der Waals surface area contributed by atoms with E-state index in [0.29, 0.717) is 23.5 Å². The fraction of sp³-hybridized carbons (Fsp3) is 0.739. The molecule has 0 aromatic carbocycles.